The van der Waals surface area contributed by atoms with Crippen molar-refractivity contribution in [2.75, 3.05) is 12.4 Å². The first-order chi connectivity index (χ1) is 8.01. The molecule has 2 atom stereocenters. The summed E-state index contributed by atoms with van der Waals surface area (Å²) in [7, 11) is 1.82. The fourth-order valence-corrected chi connectivity index (χ4v) is 1.74. The van der Waals surface area contributed by atoms with Crippen LogP contribution in [0.15, 0.2) is 18.2 Å². The highest BCUT2D eigenvalue weighted by molar-refractivity contribution is 5.99. The van der Waals surface area contributed by atoms with Gasteiger partial charge in [0, 0.05) is 24.2 Å². The van der Waals surface area contributed by atoms with Crippen molar-refractivity contribution in [3.63, 3.8) is 0 Å². The lowest BCUT2D eigenvalue weighted by Gasteiger charge is -2.15. The Morgan fingerprint density at radius 3 is 2.53 bits per heavy atom. The number of rotatable bonds is 5. The van der Waals surface area contributed by atoms with Gasteiger partial charge >= 0.3 is 0 Å². The molecule has 0 bridgehead atoms. The predicted molar refractivity (Wildman–Crippen MR) is 70.4 cm³/mol. The molecule has 1 aromatic rings. The minimum Gasteiger partial charge on any atom is -0.389 e. The highest BCUT2D eigenvalue weighted by Gasteiger charge is 2.19. The second-order valence-corrected chi connectivity index (χ2v) is 4.40. The van der Waals surface area contributed by atoms with Gasteiger partial charge in [0.15, 0.2) is 5.78 Å². The maximum Gasteiger partial charge on any atom is 0.166 e. The molecule has 17 heavy (non-hydrogen) atoms. The van der Waals surface area contributed by atoms with Crippen molar-refractivity contribution in [1.29, 1.82) is 0 Å². The smallest absolute Gasteiger partial charge is 0.166 e. The first kappa shape index (κ1) is 13.7. The number of hydrogen-bond acceptors (Lipinski definition) is 3. The molecule has 0 spiro atoms. The molecule has 0 radical (unpaired) electrons. The van der Waals surface area contributed by atoms with Crippen LogP contribution in [0.1, 0.15) is 49.2 Å². The van der Waals surface area contributed by atoms with E-state index < -0.39 is 6.10 Å². The van der Waals surface area contributed by atoms with Crippen molar-refractivity contribution in [2.45, 2.75) is 33.3 Å². The first-order valence-corrected chi connectivity index (χ1v) is 6.05. The Morgan fingerprint density at radius 2 is 2.06 bits per heavy atom. The molecule has 3 heteroatoms. The van der Waals surface area contributed by atoms with Crippen LogP contribution >= 0.6 is 0 Å². The van der Waals surface area contributed by atoms with Crippen LogP contribution in [-0.4, -0.2) is 17.9 Å². The summed E-state index contributed by atoms with van der Waals surface area (Å²) >= 11 is 0. The van der Waals surface area contributed by atoms with Gasteiger partial charge in [-0.2, -0.15) is 0 Å². The lowest BCUT2D eigenvalue weighted by Crippen LogP contribution is -2.14. The number of nitrogens with one attached hydrogen (secondary N) is 1. The maximum atomic E-state index is 12.2. The van der Waals surface area contributed by atoms with Gasteiger partial charge in [-0.05, 0) is 37.1 Å². The number of hydrogen-bond donors (Lipinski definition) is 2. The monoisotopic (exact) mass is 235 g/mol. The summed E-state index contributed by atoms with van der Waals surface area (Å²) in [5.74, 6) is 0.0963. The molecule has 94 valence electrons. The van der Waals surface area contributed by atoms with E-state index in [1.807, 2.05) is 33.0 Å². The zero-order valence-corrected chi connectivity index (χ0v) is 10.9. The number of Topliss-reactive ketones (excluding diaryl/α,β-unsaturated/α-hetero) is 1. The van der Waals surface area contributed by atoms with Crippen LogP contribution < -0.4 is 5.32 Å². The van der Waals surface area contributed by atoms with E-state index >= 15 is 0 Å². The minimum absolute atomic E-state index is 0.00654. The van der Waals surface area contributed by atoms with Crippen molar-refractivity contribution in [3.05, 3.63) is 29.3 Å². The Kier molecular flexibility index (Phi) is 4.70. The highest BCUT2D eigenvalue weighted by Crippen LogP contribution is 2.25. The molecule has 0 amide bonds. The van der Waals surface area contributed by atoms with Crippen LogP contribution in [0, 0.1) is 5.92 Å². The van der Waals surface area contributed by atoms with Gasteiger partial charge in [-0.25, -0.2) is 0 Å². The summed E-state index contributed by atoms with van der Waals surface area (Å²) in [6.07, 6.45) is 0.178. The summed E-state index contributed by atoms with van der Waals surface area (Å²) in [4.78, 5) is 12.2. The second kappa shape index (κ2) is 5.82. The zero-order valence-electron chi connectivity index (χ0n) is 10.9. The number of aliphatic hydroxyl groups excluding tert-OH is 1. The Balaban J connectivity index is 3.19. The van der Waals surface area contributed by atoms with Crippen LogP contribution in [0.2, 0.25) is 0 Å². The van der Waals surface area contributed by atoms with Gasteiger partial charge in [0.2, 0.25) is 0 Å². The van der Waals surface area contributed by atoms with Gasteiger partial charge in [0.1, 0.15) is 0 Å². The lowest BCUT2D eigenvalue weighted by molar-refractivity contribution is 0.0921. The number of benzene rings is 1. The largest absolute Gasteiger partial charge is 0.389 e. The topological polar surface area (TPSA) is 49.3 Å². The fraction of sp³-hybridized carbons (Fsp3) is 0.500. The van der Waals surface area contributed by atoms with Crippen molar-refractivity contribution in [3.8, 4) is 0 Å². The van der Waals surface area contributed by atoms with Crippen molar-refractivity contribution >= 4 is 11.5 Å². The lowest BCUT2D eigenvalue weighted by atomic mass is 9.91. The van der Waals surface area contributed by atoms with Crippen LogP contribution in [-0.2, 0) is 0 Å². The molecule has 0 aliphatic heterocycles. The van der Waals surface area contributed by atoms with Crippen molar-refractivity contribution in [1.82, 2.24) is 0 Å². The van der Waals surface area contributed by atoms with E-state index in [-0.39, 0.29) is 11.7 Å². The Labute approximate surface area is 103 Å². The van der Waals surface area contributed by atoms with Gasteiger partial charge in [-0.3, -0.25) is 4.79 Å². The minimum atomic E-state index is -0.633. The molecule has 0 saturated heterocycles. The summed E-state index contributed by atoms with van der Waals surface area (Å²) in [6.45, 7) is 5.59. The Hall–Kier alpha value is -1.35. The van der Waals surface area contributed by atoms with Gasteiger partial charge in [-0.1, -0.05) is 13.8 Å². The Morgan fingerprint density at radius 1 is 1.41 bits per heavy atom. The van der Waals surface area contributed by atoms with E-state index in [2.05, 4.69) is 5.32 Å². The van der Waals surface area contributed by atoms with Crippen molar-refractivity contribution < 1.29 is 9.90 Å². The van der Waals surface area contributed by atoms with Gasteiger partial charge < -0.3 is 10.4 Å². The third-order valence-corrected chi connectivity index (χ3v) is 3.12. The van der Waals surface area contributed by atoms with E-state index in [0.29, 0.717) is 11.1 Å². The quantitative estimate of drug-likeness (QED) is 0.771. The van der Waals surface area contributed by atoms with E-state index in [1.54, 1.807) is 13.0 Å². The predicted octanol–water partition coefficient (Wildman–Crippen LogP) is 3.01. The summed E-state index contributed by atoms with van der Waals surface area (Å²) < 4.78 is 0. The number of anilines is 1. The molecule has 0 aliphatic rings. The first-order valence-electron chi connectivity index (χ1n) is 6.05. The van der Waals surface area contributed by atoms with Crippen LogP contribution in [0.4, 0.5) is 5.69 Å². The average Bonchev–Trinajstić information content (AvgIpc) is 2.35. The zero-order chi connectivity index (χ0) is 13.0. The molecule has 0 aliphatic carbocycles. The molecule has 0 fully saturated rings. The van der Waals surface area contributed by atoms with E-state index in [4.69, 9.17) is 0 Å². The van der Waals surface area contributed by atoms with E-state index in [0.717, 1.165) is 12.1 Å². The number of carbonyl (C=O) groups is 1. The van der Waals surface area contributed by atoms with Gasteiger partial charge in [0.05, 0.1) is 6.10 Å². The molecular weight excluding hydrogens is 214 g/mol. The van der Waals surface area contributed by atoms with Crippen molar-refractivity contribution in [2.24, 2.45) is 5.92 Å². The average molecular weight is 235 g/mol. The highest BCUT2D eigenvalue weighted by atomic mass is 16.3. The fourth-order valence-electron chi connectivity index (χ4n) is 1.74. The number of carbonyl (C=O) groups excluding carboxylic acids is 1. The Bertz CT molecular complexity index is 399. The SMILES string of the molecule is CCC(C)C(=O)c1ccc(NC)cc1C(C)O. The third kappa shape index (κ3) is 3.07. The van der Waals surface area contributed by atoms with Gasteiger partial charge in [0.25, 0.3) is 0 Å². The molecule has 2 N–H and O–H groups in total. The normalized spacial score (nSPS) is 14.2. The molecule has 0 saturated carbocycles. The van der Waals surface area contributed by atoms with Crippen LogP contribution in [0.5, 0.6) is 0 Å². The van der Waals surface area contributed by atoms with Crippen LogP contribution in [0.25, 0.3) is 0 Å². The molecule has 0 aromatic heterocycles. The van der Waals surface area contributed by atoms with Crippen LogP contribution in [0.3, 0.4) is 0 Å². The molecule has 1 aromatic carbocycles. The second-order valence-electron chi connectivity index (χ2n) is 4.40. The summed E-state index contributed by atoms with van der Waals surface area (Å²) in [5, 5.41) is 12.8. The number of aliphatic hydroxyl groups is 1. The molecule has 3 nitrogen and oxygen atoms in total. The summed E-state index contributed by atoms with van der Waals surface area (Å²) in [5.41, 5.74) is 2.23. The molecule has 0 heterocycles. The van der Waals surface area contributed by atoms with Gasteiger partial charge in [-0.15, -0.1) is 0 Å². The maximum absolute atomic E-state index is 12.2. The summed E-state index contributed by atoms with van der Waals surface area (Å²) in [6, 6.07) is 5.49. The molecule has 1 rings (SSSR count). The molecule has 2 unspecified atom stereocenters. The third-order valence-electron chi connectivity index (χ3n) is 3.12. The van der Waals surface area contributed by atoms with E-state index in [1.165, 1.54) is 0 Å². The van der Waals surface area contributed by atoms with E-state index in [9.17, 15) is 9.90 Å². The molecular formula is C14H21NO2. The standard InChI is InChI=1S/C14H21NO2/c1-5-9(2)14(17)12-7-6-11(15-4)8-13(12)10(3)16/h6-10,15-16H,5H2,1-4H3. The number of ketones is 1.